The number of hydrogen-bond acceptors (Lipinski definition) is 4. The van der Waals surface area contributed by atoms with E-state index in [0.29, 0.717) is 11.8 Å². The van der Waals surface area contributed by atoms with Crippen LogP contribution in [0, 0.1) is 12.8 Å². The standard InChI is InChI=1S/C15H20N2OS2/c1-10-2-3-12(20-10)13-16-15(5-6-15)14(18)17(13)8-11-4-7-19-9-11/h2-3,11,13,16H,4-9H2,1H3. The summed E-state index contributed by atoms with van der Waals surface area (Å²) in [6, 6.07) is 4.34. The molecule has 1 spiro atoms. The average molecular weight is 308 g/mol. The second-order valence-electron chi connectivity index (χ2n) is 6.26. The summed E-state index contributed by atoms with van der Waals surface area (Å²) < 4.78 is 0. The number of aryl methyl sites for hydroxylation is 1. The van der Waals surface area contributed by atoms with Crippen molar-refractivity contribution in [2.45, 2.75) is 37.9 Å². The molecule has 3 nitrogen and oxygen atoms in total. The molecule has 3 heterocycles. The number of amides is 1. The second-order valence-corrected chi connectivity index (χ2v) is 8.73. The molecule has 1 aliphatic carbocycles. The zero-order valence-electron chi connectivity index (χ0n) is 11.7. The van der Waals surface area contributed by atoms with E-state index in [4.69, 9.17) is 0 Å². The van der Waals surface area contributed by atoms with E-state index >= 15 is 0 Å². The Hall–Kier alpha value is -0.520. The molecule has 108 valence electrons. The predicted molar refractivity (Wildman–Crippen MR) is 84.0 cm³/mol. The SMILES string of the molecule is Cc1ccc(C2NC3(CC3)C(=O)N2CC2CCSC2)s1. The molecule has 1 aromatic rings. The maximum Gasteiger partial charge on any atom is 0.244 e. The van der Waals surface area contributed by atoms with Gasteiger partial charge in [-0.05, 0) is 55.7 Å². The van der Waals surface area contributed by atoms with Gasteiger partial charge in [0.2, 0.25) is 5.91 Å². The minimum absolute atomic E-state index is 0.120. The molecular formula is C15H20N2OS2. The van der Waals surface area contributed by atoms with E-state index < -0.39 is 0 Å². The quantitative estimate of drug-likeness (QED) is 0.932. The number of carbonyl (C=O) groups excluding carboxylic acids is 1. The summed E-state index contributed by atoms with van der Waals surface area (Å²) in [6.45, 7) is 3.07. The molecule has 1 amide bonds. The fourth-order valence-corrected chi connectivity index (χ4v) is 5.51. The molecule has 4 rings (SSSR count). The molecule has 3 fully saturated rings. The summed E-state index contributed by atoms with van der Waals surface area (Å²) >= 11 is 3.84. The van der Waals surface area contributed by atoms with Crippen molar-refractivity contribution in [2.75, 3.05) is 18.1 Å². The first-order chi connectivity index (χ1) is 9.68. The van der Waals surface area contributed by atoms with Gasteiger partial charge >= 0.3 is 0 Å². The molecule has 3 aliphatic rings. The summed E-state index contributed by atoms with van der Waals surface area (Å²) in [7, 11) is 0. The van der Waals surface area contributed by atoms with Gasteiger partial charge in [0.15, 0.2) is 0 Å². The minimum atomic E-state index is -0.200. The molecule has 0 radical (unpaired) electrons. The molecule has 0 bridgehead atoms. The van der Waals surface area contributed by atoms with Crippen LogP contribution in [0.25, 0.3) is 0 Å². The molecule has 2 aliphatic heterocycles. The third-order valence-corrected chi connectivity index (χ3v) is 6.94. The van der Waals surface area contributed by atoms with Crippen molar-refractivity contribution in [1.82, 2.24) is 10.2 Å². The minimum Gasteiger partial charge on any atom is -0.320 e. The topological polar surface area (TPSA) is 32.3 Å². The van der Waals surface area contributed by atoms with E-state index in [-0.39, 0.29) is 11.7 Å². The van der Waals surface area contributed by atoms with Crippen molar-refractivity contribution >= 4 is 29.0 Å². The largest absolute Gasteiger partial charge is 0.320 e. The number of rotatable bonds is 3. The van der Waals surface area contributed by atoms with Crippen LogP contribution in [0.3, 0.4) is 0 Å². The molecule has 5 heteroatoms. The lowest BCUT2D eigenvalue weighted by molar-refractivity contribution is -0.131. The highest BCUT2D eigenvalue weighted by Crippen LogP contribution is 2.47. The smallest absolute Gasteiger partial charge is 0.244 e. The Bertz CT molecular complexity index is 532. The van der Waals surface area contributed by atoms with Gasteiger partial charge < -0.3 is 4.90 Å². The Balaban J connectivity index is 1.59. The Morgan fingerprint density at radius 3 is 2.90 bits per heavy atom. The first-order valence-corrected chi connectivity index (χ1v) is 9.38. The maximum atomic E-state index is 12.7. The lowest BCUT2D eigenvalue weighted by atomic mass is 10.1. The number of carbonyl (C=O) groups is 1. The molecule has 2 atom stereocenters. The molecular weight excluding hydrogens is 288 g/mol. The number of nitrogens with one attached hydrogen (secondary N) is 1. The first-order valence-electron chi connectivity index (χ1n) is 7.41. The summed E-state index contributed by atoms with van der Waals surface area (Å²) in [5.74, 6) is 3.51. The number of thiophene rings is 1. The molecule has 1 N–H and O–H groups in total. The summed E-state index contributed by atoms with van der Waals surface area (Å²) in [4.78, 5) is 17.5. The fraction of sp³-hybridized carbons (Fsp3) is 0.667. The first kappa shape index (κ1) is 13.2. The summed E-state index contributed by atoms with van der Waals surface area (Å²) in [6.07, 6.45) is 3.41. The van der Waals surface area contributed by atoms with Gasteiger partial charge in [-0.1, -0.05) is 0 Å². The summed E-state index contributed by atoms with van der Waals surface area (Å²) in [5, 5.41) is 3.62. The molecule has 1 saturated carbocycles. The average Bonchev–Trinajstić information content (AvgIpc) is 2.79. The van der Waals surface area contributed by atoms with Gasteiger partial charge in [0.1, 0.15) is 11.7 Å². The number of nitrogens with zero attached hydrogens (tertiary/aromatic N) is 1. The highest BCUT2D eigenvalue weighted by Gasteiger charge is 2.59. The third kappa shape index (κ3) is 2.11. The Kier molecular flexibility index (Phi) is 3.13. The zero-order chi connectivity index (χ0) is 13.7. The molecule has 2 saturated heterocycles. The van der Waals surface area contributed by atoms with Crippen LogP contribution in [-0.4, -0.2) is 34.4 Å². The monoisotopic (exact) mass is 308 g/mol. The van der Waals surface area contributed by atoms with Gasteiger partial charge in [0.25, 0.3) is 0 Å². The van der Waals surface area contributed by atoms with Crippen LogP contribution < -0.4 is 5.32 Å². The molecule has 20 heavy (non-hydrogen) atoms. The number of hydrogen-bond donors (Lipinski definition) is 1. The van der Waals surface area contributed by atoms with Gasteiger partial charge in [0, 0.05) is 16.3 Å². The Morgan fingerprint density at radius 2 is 2.30 bits per heavy atom. The normalized spacial score (nSPS) is 31.4. The lowest BCUT2D eigenvalue weighted by Crippen LogP contribution is -2.35. The van der Waals surface area contributed by atoms with E-state index in [1.807, 2.05) is 23.1 Å². The van der Waals surface area contributed by atoms with Crippen LogP contribution in [0.2, 0.25) is 0 Å². The van der Waals surface area contributed by atoms with E-state index in [0.717, 1.165) is 19.4 Å². The van der Waals surface area contributed by atoms with Crippen molar-refractivity contribution in [1.29, 1.82) is 0 Å². The van der Waals surface area contributed by atoms with Crippen LogP contribution in [-0.2, 0) is 4.79 Å². The van der Waals surface area contributed by atoms with E-state index in [9.17, 15) is 4.79 Å². The van der Waals surface area contributed by atoms with Gasteiger partial charge in [-0.25, -0.2) is 0 Å². The van der Waals surface area contributed by atoms with Crippen molar-refractivity contribution in [2.24, 2.45) is 5.92 Å². The van der Waals surface area contributed by atoms with Crippen LogP contribution >= 0.6 is 23.1 Å². The van der Waals surface area contributed by atoms with E-state index in [1.54, 1.807) is 0 Å². The predicted octanol–water partition coefficient (Wildman–Crippen LogP) is 2.77. The van der Waals surface area contributed by atoms with E-state index in [2.05, 4.69) is 29.3 Å². The molecule has 2 unspecified atom stereocenters. The van der Waals surface area contributed by atoms with Crippen molar-refractivity contribution in [3.05, 3.63) is 21.9 Å². The third-order valence-electron chi connectivity index (χ3n) is 4.65. The molecule has 1 aromatic heterocycles. The number of thioether (sulfide) groups is 1. The fourth-order valence-electron chi connectivity index (χ4n) is 3.30. The Morgan fingerprint density at radius 1 is 1.45 bits per heavy atom. The maximum absolute atomic E-state index is 12.7. The lowest BCUT2D eigenvalue weighted by Gasteiger charge is -2.26. The van der Waals surface area contributed by atoms with Crippen molar-refractivity contribution < 1.29 is 4.79 Å². The second kappa shape index (κ2) is 4.75. The molecule has 0 aromatic carbocycles. The van der Waals surface area contributed by atoms with Gasteiger partial charge in [-0.15, -0.1) is 11.3 Å². The highest BCUT2D eigenvalue weighted by atomic mass is 32.2. The Labute approximate surface area is 128 Å². The van der Waals surface area contributed by atoms with Crippen LogP contribution in [0.15, 0.2) is 12.1 Å². The van der Waals surface area contributed by atoms with Crippen molar-refractivity contribution in [3.8, 4) is 0 Å². The van der Waals surface area contributed by atoms with Crippen molar-refractivity contribution in [3.63, 3.8) is 0 Å². The zero-order valence-corrected chi connectivity index (χ0v) is 13.4. The highest BCUT2D eigenvalue weighted by molar-refractivity contribution is 7.99. The van der Waals surface area contributed by atoms with Gasteiger partial charge in [-0.3, -0.25) is 10.1 Å². The van der Waals surface area contributed by atoms with Crippen LogP contribution in [0.4, 0.5) is 0 Å². The van der Waals surface area contributed by atoms with Gasteiger partial charge in [0.05, 0.1) is 0 Å². The van der Waals surface area contributed by atoms with E-state index in [1.165, 1.54) is 27.7 Å². The summed E-state index contributed by atoms with van der Waals surface area (Å²) in [5.41, 5.74) is -0.200. The van der Waals surface area contributed by atoms with Crippen LogP contribution in [0.1, 0.15) is 35.2 Å². The van der Waals surface area contributed by atoms with Gasteiger partial charge in [-0.2, -0.15) is 11.8 Å². The van der Waals surface area contributed by atoms with Crippen LogP contribution in [0.5, 0.6) is 0 Å².